The van der Waals surface area contributed by atoms with E-state index in [4.69, 9.17) is 9.47 Å². The third-order valence-corrected chi connectivity index (χ3v) is 4.06. The van der Waals surface area contributed by atoms with Gasteiger partial charge in [-0.05, 0) is 11.1 Å². The standard InChI is InChI=1S/C22H16O3/c23-21-20(18-14-8-3-9-15-18)24-22(25-21)19(16-10-4-1-5-11-16)17-12-6-2-7-13-17/h1-15,20H/t20-/m0/s1. The molecule has 0 saturated carbocycles. The van der Waals surface area contributed by atoms with Crippen molar-refractivity contribution in [1.29, 1.82) is 0 Å². The van der Waals surface area contributed by atoms with E-state index < -0.39 is 12.1 Å². The Hall–Kier alpha value is -3.33. The number of carbonyl (C=O) groups excluding carboxylic acids is 1. The number of hydrogen-bond acceptors (Lipinski definition) is 3. The fraction of sp³-hybridized carbons (Fsp3) is 0.0455. The van der Waals surface area contributed by atoms with Crippen molar-refractivity contribution in [3.63, 3.8) is 0 Å². The molecule has 1 saturated heterocycles. The number of carbonyl (C=O) groups is 1. The van der Waals surface area contributed by atoms with E-state index in [1.54, 1.807) is 0 Å². The second kappa shape index (κ2) is 6.65. The van der Waals surface area contributed by atoms with Gasteiger partial charge in [-0.1, -0.05) is 91.0 Å². The molecule has 3 nitrogen and oxygen atoms in total. The molecule has 1 aliphatic rings. The van der Waals surface area contributed by atoms with Gasteiger partial charge in [-0.3, -0.25) is 0 Å². The Morgan fingerprint density at radius 1 is 0.680 bits per heavy atom. The summed E-state index contributed by atoms with van der Waals surface area (Å²) in [6.07, 6.45) is -0.737. The maximum atomic E-state index is 12.4. The molecule has 0 bridgehead atoms. The molecule has 1 aliphatic heterocycles. The van der Waals surface area contributed by atoms with E-state index in [9.17, 15) is 4.79 Å². The van der Waals surface area contributed by atoms with Crippen molar-refractivity contribution in [2.45, 2.75) is 6.10 Å². The molecule has 1 heterocycles. The first kappa shape index (κ1) is 15.2. The zero-order chi connectivity index (χ0) is 17.1. The van der Waals surface area contributed by atoms with Crippen LogP contribution in [0.5, 0.6) is 0 Å². The number of benzene rings is 3. The van der Waals surface area contributed by atoms with Crippen LogP contribution < -0.4 is 0 Å². The minimum Gasteiger partial charge on any atom is -0.444 e. The molecule has 0 spiro atoms. The molecule has 4 rings (SSSR count). The summed E-state index contributed by atoms with van der Waals surface area (Å²) < 4.78 is 11.5. The highest BCUT2D eigenvalue weighted by atomic mass is 16.7. The summed E-state index contributed by atoms with van der Waals surface area (Å²) in [6, 6.07) is 29.0. The van der Waals surface area contributed by atoms with E-state index in [1.807, 2.05) is 91.0 Å². The molecule has 0 unspecified atom stereocenters. The predicted molar refractivity (Wildman–Crippen MR) is 95.3 cm³/mol. The zero-order valence-corrected chi connectivity index (χ0v) is 13.5. The third kappa shape index (κ3) is 3.04. The summed E-state index contributed by atoms with van der Waals surface area (Å²) in [4.78, 5) is 12.4. The van der Waals surface area contributed by atoms with Crippen LogP contribution in [-0.2, 0) is 14.3 Å². The molecule has 1 fully saturated rings. The van der Waals surface area contributed by atoms with Gasteiger partial charge in [-0.25, -0.2) is 4.79 Å². The Morgan fingerprint density at radius 2 is 1.16 bits per heavy atom. The molecular formula is C22H16O3. The molecular weight excluding hydrogens is 312 g/mol. The van der Waals surface area contributed by atoms with E-state index in [1.165, 1.54) is 0 Å². The molecule has 0 aromatic heterocycles. The van der Waals surface area contributed by atoms with Gasteiger partial charge in [0.1, 0.15) is 0 Å². The van der Waals surface area contributed by atoms with E-state index >= 15 is 0 Å². The second-order valence-electron chi connectivity index (χ2n) is 5.72. The summed E-state index contributed by atoms with van der Waals surface area (Å²) in [5.74, 6) is -0.151. The van der Waals surface area contributed by atoms with Gasteiger partial charge in [0.05, 0.1) is 5.57 Å². The number of cyclic esters (lactones) is 1. The van der Waals surface area contributed by atoms with Gasteiger partial charge in [0.2, 0.25) is 6.10 Å². The molecule has 3 aromatic rings. The Labute approximate surface area is 146 Å². The quantitative estimate of drug-likeness (QED) is 0.653. The van der Waals surface area contributed by atoms with Crippen LogP contribution in [0.4, 0.5) is 0 Å². The van der Waals surface area contributed by atoms with E-state index in [2.05, 4.69) is 0 Å². The summed E-state index contributed by atoms with van der Waals surface area (Å²) in [5.41, 5.74) is 3.42. The SMILES string of the molecule is O=C1OC(=C(c2ccccc2)c2ccccc2)O[C@H]1c1ccccc1. The van der Waals surface area contributed by atoms with Crippen molar-refractivity contribution in [2.24, 2.45) is 0 Å². The number of rotatable bonds is 3. The van der Waals surface area contributed by atoms with Crippen molar-refractivity contribution < 1.29 is 14.3 Å². The van der Waals surface area contributed by atoms with Crippen LogP contribution in [0.1, 0.15) is 22.8 Å². The Morgan fingerprint density at radius 3 is 1.68 bits per heavy atom. The van der Waals surface area contributed by atoms with E-state index in [0.717, 1.165) is 22.3 Å². The Balaban J connectivity index is 1.81. The third-order valence-electron chi connectivity index (χ3n) is 4.06. The lowest BCUT2D eigenvalue weighted by molar-refractivity contribution is -0.137. The molecule has 3 heteroatoms. The summed E-state index contributed by atoms with van der Waals surface area (Å²) in [7, 11) is 0. The molecule has 0 aliphatic carbocycles. The summed E-state index contributed by atoms with van der Waals surface area (Å²) in [5, 5.41) is 0. The number of ether oxygens (including phenoxy) is 2. The minimum absolute atomic E-state index is 0.247. The van der Waals surface area contributed by atoms with Crippen LogP contribution in [-0.4, -0.2) is 5.97 Å². The number of hydrogen-bond donors (Lipinski definition) is 0. The van der Waals surface area contributed by atoms with Crippen LogP contribution in [0.2, 0.25) is 0 Å². The van der Waals surface area contributed by atoms with Gasteiger partial charge in [0, 0.05) is 5.56 Å². The van der Waals surface area contributed by atoms with Crippen LogP contribution >= 0.6 is 0 Å². The molecule has 25 heavy (non-hydrogen) atoms. The predicted octanol–water partition coefficient (Wildman–Crippen LogP) is 4.72. The highest BCUT2D eigenvalue weighted by Crippen LogP contribution is 2.37. The maximum Gasteiger partial charge on any atom is 0.360 e. The first-order chi connectivity index (χ1) is 12.3. The number of esters is 1. The van der Waals surface area contributed by atoms with Crippen molar-refractivity contribution in [3.8, 4) is 0 Å². The molecule has 122 valence electrons. The first-order valence-electron chi connectivity index (χ1n) is 8.11. The van der Waals surface area contributed by atoms with E-state index in [0.29, 0.717) is 0 Å². The summed E-state index contributed by atoms with van der Waals surface area (Å²) in [6.45, 7) is 0. The highest BCUT2D eigenvalue weighted by molar-refractivity contribution is 5.86. The van der Waals surface area contributed by atoms with Crippen LogP contribution in [0.3, 0.4) is 0 Å². The molecule has 0 radical (unpaired) electrons. The highest BCUT2D eigenvalue weighted by Gasteiger charge is 2.36. The average molecular weight is 328 g/mol. The Bertz CT molecular complexity index is 858. The average Bonchev–Trinajstić information content (AvgIpc) is 3.06. The molecule has 0 amide bonds. The van der Waals surface area contributed by atoms with Crippen LogP contribution in [0.25, 0.3) is 5.57 Å². The van der Waals surface area contributed by atoms with Crippen molar-refractivity contribution in [1.82, 2.24) is 0 Å². The van der Waals surface area contributed by atoms with Crippen molar-refractivity contribution in [2.75, 3.05) is 0 Å². The van der Waals surface area contributed by atoms with Gasteiger partial charge in [0.25, 0.3) is 5.95 Å². The fourth-order valence-electron chi connectivity index (χ4n) is 2.88. The smallest absolute Gasteiger partial charge is 0.360 e. The second-order valence-corrected chi connectivity index (χ2v) is 5.72. The topological polar surface area (TPSA) is 35.5 Å². The van der Waals surface area contributed by atoms with Crippen LogP contribution in [0, 0.1) is 0 Å². The van der Waals surface area contributed by atoms with Gasteiger partial charge in [0.15, 0.2) is 0 Å². The lowest BCUT2D eigenvalue weighted by Gasteiger charge is -2.11. The van der Waals surface area contributed by atoms with Crippen molar-refractivity contribution >= 4 is 11.5 Å². The van der Waals surface area contributed by atoms with Crippen LogP contribution in [0.15, 0.2) is 96.9 Å². The monoisotopic (exact) mass is 328 g/mol. The van der Waals surface area contributed by atoms with Gasteiger partial charge in [-0.15, -0.1) is 0 Å². The van der Waals surface area contributed by atoms with Gasteiger partial charge in [-0.2, -0.15) is 0 Å². The normalized spacial score (nSPS) is 16.2. The van der Waals surface area contributed by atoms with Gasteiger partial charge < -0.3 is 9.47 Å². The fourth-order valence-corrected chi connectivity index (χ4v) is 2.88. The van der Waals surface area contributed by atoms with Gasteiger partial charge >= 0.3 is 5.97 Å². The molecule has 0 N–H and O–H groups in total. The van der Waals surface area contributed by atoms with E-state index in [-0.39, 0.29) is 5.95 Å². The minimum atomic E-state index is -0.737. The molecule has 1 atom stereocenters. The maximum absolute atomic E-state index is 12.4. The Kier molecular flexibility index (Phi) is 4.05. The first-order valence-corrected chi connectivity index (χ1v) is 8.11. The largest absolute Gasteiger partial charge is 0.444 e. The lowest BCUT2D eigenvalue weighted by atomic mass is 9.99. The van der Waals surface area contributed by atoms with Crippen molar-refractivity contribution in [3.05, 3.63) is 114 Å². The lowest BCUT2D eigenvalue weighted by Crippen LogP contribution is -2.06. The molecule has 3 aromatic carbocycles. The zero-order valence-electron chi connectivity index (χ0n) is 13.5. The summed E-state index contributed by atoms with van der Waals surface area (Å²) >= 11 is 0.